The topological polar surface area (TPSA) is 46.1 Å². The van der Waals surface area contributed by atoms with E-state index in [2.05, 4.69) is 16.8 Å². The minimum atomic E-state index is -0.235. The Kier molecular flexibility index (Phi) is 4.90. The first-order valence-corrected chi connectivity index (χ1v) is 5.83. The largest absolute Gasteiger partial charge is 0.332 e. The van der Waals surface area contributed by atoms with E-state index in [1.54, 1.807) is 11.0 Å². The zero-order valence-electron chi connectivity index (χ0n) is 9.65. The van der Waals surface area contributed by atoms with E-state index in [1.165, 1.54) is 6.07 Å². The number of amides is 1. The third kappa shape index (κ3) is 3.41. The maximum Gasteiger partial charge on any atom is 0.257 e. The van der Waals surface area contributed by atoms with Crippen molar-refractivity contribution in [1.29, 1.82) is 0 Å². The van der Waals surface area contributed by atoms with Crippen molar-refractivity contribution in [2.24, 2.45) is 0 Å². The summed E-state index contributed by atoms with van der Waals surface area (Å²) < 4.78 is 0. The molecule has 1 heterocycles. The maximum absolute atomic E-state index is 12.2. The molecule has 4 nitrogen and oxygen atoms in total. The van der Waals surface area contributed by atoms with Crippen molar-refractivity contribution in [2.75, 3.05) is 6.54 Å². The zero-order valence-corrected chi connectivity index (χ0v) is 11.2. The van der Waals surface area contributed by atoms with Gasteiger partial charge in [0, 0.05) is 12.6 Å². The molecule has 0 atom stereocenters. The Balaban J connectivity index is 3.08. The average molecular weight is 274 g/mol. The van der Waals surface area contributed by atoms with Crippen LogP contribution in [-0.2, 0) is 0 Å². The van der Waals surface area contributed by atoms with Gasteiger partial charge in [-0.3, -0.25) is 4.79 Å². The molecule has 0 saturated carbocycles. The Morgan fingerprint density at radius 3 is 2.71 bits per heavy atom. The molecule has 0 bridgehead atoms. The van der Waals surface area contributed by atoms with E-state index in [0.29, 0.717) is 6.54 Å². The minimum Gasteiger partial charge on any atom is -0.332 e. The third-order valence-corrected chi connectivity index (χ3v) is 2.62. The highest BCUT2D eigenvalue weighted by Gasteiger charge is 2.21. The fourth-order valence-electron chi connectivity index (χ4n) is 1.33. The second-order valence-electron chi connectivity index (χ2n) is 3.71. The first-order valence-electron chi connectivity index (χ1n) is 5.08. The van der Waals surface area contributed by atoms with Crippen molar-refractivity contribution in [3.8, 4) is 0 Å². The van der Waals surface area contributed by atoms with Crippen LogP contribution in [0, 0.1) is 0 Å². The van der Waals surface area contributed by atoms with Crippen LogP contribution >= 0.6 is 23.2 Å². The van der Waals surface area contributed by atoms with Gasteiger partial charge >= 0.3 is 0 Å². The second-order valence-corrected chi connectivity index (χ2v) is 4.46. The molecule has 0 aliphatic carbocycles. The number of carbonyl (C=O) groups excluding carboxylic acids is 1. The summed E-state index contributed by atoms with van der Waals surface area (Å²) in [6, 6.07) is 1.45. The predicted octanol–water partition coefficient (Wildman–Crippen LogP) is 2.82. The predicted molar refractivity (Wildman–Crippen MR) is 68.4 cm³/mol. The van der Waals surface area contributed by atoms with E-state index < -0.39 is 0 Å². The first kappa shape index (κ1) is 13.9. The monoisotopic (exact) mass is 273 g/mol. The number of carbonyl (C=O) groups is 1. The highest BCUT2D eigenvalue weighted by atomic mass is 35.5. The van der Waals surface area contributed by atoms with Gasteiger partial charge in [0.25, 0.3) is 5.91 Å². The molecular formula is C11H13Cl2N3O. The van der Waals surface area contributed by atoms with Crippen LogP contribution in [0.25, 0.3) is 0 Å². The molecular weight excluding hydrogens is 261 g/mol. The normalized spacial score (nSPS) is 10.4. The molecule has 1 aromatic rings. The lowest BCUT2D eigenvalue weighted by Gasteiger charge is -2.25. The van der Waals surface area contributed by atoms with Crippen LogP contribution < -0.4 is 0 Å². The van der Waals surface area contributed by atoms with Gasteiger partial charge in [-0.1, -0.05) is 29.3 Å². The Morgan fingerprint density at radius 1 is 1.53 bits per heavy atom. The molecule has 0 aromatic carbocycles. The van der Waals surface area contributed by atoms with Crippen LogP contribution in [0.3, 0.4) is 0 Å². The first-order chi connectivity index (χ1) is 7.97. The van der Waals surface area contributed by atoms with Gasteiger partial charge in [-0.2, -0.15) is 0 Å². The summed E-state index contributed by atoms with van der Waals surface area (Å²) in [6.07, 6.45) is 1.65. The summed E-state index contributed by atoms with van der Waals surface area (Å²) in [7, 11) is 0. The lowest BCUT2D eigenvalue weighted by atomic mass is 10.2. The van der Waals surface area contributed by atoms with Gasteiger partial charge in [0.2, 0.25) is 0 Å². The van der Waals surface area contributed by atoms with Crippen molar-refractivity contribution in [3.05, 3.63) is 34.6 Å². The molecule has 0 aliphatic rings. The molecule has 0 N–H and O–H groups in total. The molecule has 6 heteroatoms. The molecule has 0 fully saturated rings. The SMILES string of the molecule is C=CCN(C(=O)c1cc(Cl)nnc1Cl)C(C)C. The van der Waals surface area contributed by atoms with Gasteiger partial charge in [-0.25, -0.2) is 0 Å². The zero-order chi connectivity index (χ0) is 13.0. The van der Waals surface area contributed by atoms with Gasteiger partial charge in [-0.15, -0.1) is 16.8 Å². The minimum absolute atomic E-state index is 0.0310. The van der Waals surface area contributed by atoms with Gasteiger partial charge in [-0.05, 0) is 19.9 Å². The molecule has 0 spiro atoms. The molecule has 92 valence electrons. The highest BCUT2D eigenvalue weighted by molar-refractivity contribution is 6.34. The quantitative estimate of drug-likeness (QED) is 0.793. The van der Waals surface area contributed by atoms with E-state index in [1.807, 2.05) is 13.8 Å². The fourth-order valence-corrected chi connectivity index (χ4v) is 1.65. The molecule has 0 saturated heterocycles. The number of rotatable bonds is 4. The number of nitrogens with zero attached hydrogens (tertiary/aromatic N) is 3. The second kappa shape index (κ2) is 5.98. The van der Waals surface area contributed by atoms with E-state index in [9.17, 15) is 4.79 Å². The van der Waals surface area contributed by atoms with E-state index in [-0.39, 0.29) is 27.8 Å². The number of hydrogen-bond donors (Lipinski definition) is 0. The Labute approximate surface area is 110 Å². The number of aromatic nitrogens is 2. The number of hydrogen-bond acceptors (Lipinski definition) is 3. The van der Waals surface area contributed by atoms with Crippen LogP contribution in [-0.4, -0.2) is 33.6 Å². The third-order valence-electron chi connectivity index (χ3n) is 2.16. The highest BCUT2D eigenvalue weighted by Crippen LogP contribution is 2.18. The summed E-state index contributed by atoms with van der Waals surface area (Å²) >= 11 is 11.5. The summed E-state index contributed by atoms with van der Waals surface area (Å²) in [5.41, 5.74) is 0.252. The van der Waals surface area contributed by atoms with E-state index >= 15 is 0 Å². The van der Waals surface area contributed by atoms with E-state index in [0.717, 1.165) is 0 Å². The van der Waals surface area contributed by atoms with Crippen LogP contribution in [0.2, 0.25) is 10.3 Å². The summed E-state index contributed by atoms with van der Waals surface area (Å²) in [5.74, 6) is -0.235. The van der Waals surface area contributed by atoms with Crippen molar-refractivity contribution < 1.29 is 4.79 Å². The smallest absolute Gasteiger partial charge is 0.257 e. The van der Waals surface area contributed by atoms with Gasteiger partial charge < -0.3 is 4.90 Å². The summed E-state index contributed by atoms with van der Waals surface area (Å²) in [4.78, 5) is 13.8. The Morgan fingerprint density at radius 2 is 2.18 bits per heavy atom. The van der Waals surface area contributed by atoms with E-state index in [4.69, 9.17) is 23.2 Å². The standard InChI is InChI=1S/C11H13Cl2N3O/c1-4-5-16(7(2)3)11(17)8-6-9(12)14-15-10(8)13/h4,6-7H,1,5H2,2-3H3. The fraction of sp³-hybridized carbons (Fsp3) is 0.364. The van der Waals surface area contributed by atoms with Gasteiger partial charge in [0.1, 0.15) is 0 Å². The van der Waals surface area contributed by atoms with Crippen LogP contribution in [0.1, 0.15) is 24.2 Å². The maximum atomic E-state index is 12.2. The molecule has 0 unspecified atom stereocenters. The van der Waals surface area contributed by atoms with Crippen LogP contribution in [0.15, 0.2) is 18.7 Å². The molecule has 1 rings (SSSR count). The molecule has 17 heavy (non-hydrogen) atoms. The molecule has 1 aromatic heterocycles. The molecule has 0 aliphatic heterocycles. The van der Waals surface area contributed by atoms with Crippen LogP contribution in [0.5, 0.6) is 0 Å². The van der Waals surface area contributed by atoms with Crippen molar-refractivity contribution in [3.63, 3.8) is 0 Å². The Bertz CT molecular complexity index is 435. The lowest BCUT2D eigenvalue weighted by molar-refractivity contribution is 0.0728. The summed E-state index contributed by atoms with van der Waals surface area (Å²) in [5, 5.41) is 7.37. The van der Waals surface area contributed by atoms with Crippen molar-refractivity contribution in [1.82, 2.24) is 15.1 Å². The molecule has 0 radical (unpaired) electrons. The summed E-state index contributed by atoms with van der Waals surface area (Å²) in [6.45, 7) is 7.87. The lowest BCUT2D eigenvalue weighted by Crippen LogP contribution is -2.37. The van der Waals surface area contributed by atoms with Crippen molar-refractivity contribution >= 4 is 29.1 Å². The molecule has 1 amide bonds. The van der Waals surface area contributed by atoms with Gasteiger partial charge in [0.15, 0.2) is 10.3 Å². The Hall–Kier alpha value is -1.13. The van der Waals surface area contributed by atoms with Gasteiger partial charge in [0.05, 0.1) is 5.56 Å². The van der Waals surface area contributed by atoms with Crippen molar-refractivity contribution in [2.45, 2.75) is 19.9 Å². The van der Waals surface area contributed by atoms with Crippen LogP contribution in [0.4, 0.5) is 0 Å². The number of halogens is 2. The average Bonchev–Trinajstić information content (AvgIpc) is 2.28.